The third-order valence-corrected chi connectivity index (χ3v) is 4.80. The minimum atomic E-state index is -1.30. The summed E-state index contributed by atoms with van der Waals surface area (Å²) in [7, 11) is 0. The molecule has 1 aromatic rings. The van der Waals surface area contributed by atoms with E-state index in [0.717, 1.165) is 10.9 Å². The molecular formula is C18H26BrNO4. The van der Waals surface area contributed by atoms with Gasteiger partial charge in [-0.1, -0.05) is 28.1 Å². The van der Waals surface area contributed by atoms with Crippen molar-refractivity contribution in [3.8, 4) is 0 Å². The Morgan fingerprint density at radius 2 is 1.96 bits per heavy atom. The minimum Gasteiger partial charge on any atom is -0.444 e. The topological polar surface area (TPSA) is 70.0 Å². The van der Waals surface area contributed by atoms with Crippen LogP contribution in [0.5, 0.6) is 0 Å². The summed E-state index contributed by atoms with van der Waals surface area (Å²) >= 11 is 3.39. The molecule has 2 atom stereocenters. The summed E-state index contributed by atoms with van der Waals surface area (Å²) in [6.07, 6.45) is 1.22. The minimum absolute atomic E-state index is 0.161. The summed E-state index contributed by atoms with van der Waals surface area (Å²) in [5, 5.41) is 20.9. The van der Waals surface area contributed by atoms with Crippen LogP contribution < -0.4 is 0 Å². The van der Waals surface area contributed by atoms with Gasteiger partial charge in [0, 0.05) is 24.0 Å². The number of likely N-dealkylation sites (tertiary alicyclic amines) is 1. The van der Waals surface area contributed by atoms with E-state index < -0.39 is 23.3 Å². The molecule has 0 aliphatic carbocycles. The van der Waals surface area contributed by atoms with Crippen LogP contribution in [0, 0.1) is 0 Å². The van der Waals surface area contributed by atoms with Gasteiger partial charge in [0.2, 0.25) is 0 Å². The molecule has 5 nitrogen and oxygen atoms in total. The average molecular weight is 400 g/mol. The second-order valence-electron chi connectivity index (χ2n) is 7.24. The smallest absolute Gasteiger partial charge is 0.410 e. The number of aliphatic hydroxyl groups excluding tert-OH is 1. The molecule has 2 N–H and O–H groups in total. The molecule has 1 saturated heterocycles. The number of amides is 1. The number of carbonyl (C=O) groups excluding carboxylic acids is 1. The van der Waals surface area contributed by atoms with E-state index in [4.69, 9.17) is 4.74 Å². The Morgan fingerprint density at radius 1 is 1.33 bits per heavy atom. The Balaban J connectivity index is 2.31. The van der Waals surface area contributed by atoms with Crippen LogP contribution >= 0.6 is 15.9 Å². The molecule has 1 aromatic carbocycles. The quantitative estimate of drug-likeness (QED) is 0.813. The van der Waals surface area contributed by atoms with Crippen LogP contribution in [0.25, 0.3) is 0 Å². The van der Waals surface area contributed by atoms with E-state index in [2.05, 4.69) is 15.9 Å². The largest absolute Gasteiger partial charge is 0.444 e. The zero-order chi connectivity index (χ0) is 18.0. The third kappa shape index (κ3) is 4.29. The molecule has 0 unspecified atom stereocenters. The van der Waals surface area contributed by atoms with Crippen molar-refractivity contribution >= 4 is 22.0 Å². The molecule has 1 amide bonds. The fraction of sp³-hybridized carbons (Fsp3) is 0.611. The van der Waals surface area contributed by atoms with Gasteiger partial charge in [-0.15, -0.1) is 0 Å². The van der Waals surface area contributed by atoms with Crippen LogP contribution in [0.2, 0.25) is 0 Å². The van der Waals surface area contributed by atoms with Gasteiger partial charge in [0.25, 0.3) is 0 Å². The summed E-state index contributed by atoms with van der Waals surface area (Å²) in [5.74, 6) is 0. The Labute approximate surface area is 151 Å². The van der Waals surface area contributed by atoms with Crippen LogP contribution in [0.3, 0.4) is 0 Å². The van der Waals surface area contributed by atoms with Gasteiger partial charge in [-0.3, -0.25) is 0 Å². The monoisotopic (exact) mass is 399 g/mol. The van der Waals surface area contributed by atoms with Crippen molar-refractivity contribution in [3.05, 3.63) is 34.3 Å². The molecule has 0 aromatic heterocycles. The summed E-state index contributed by atoms with van der Waals surface area (Å²) < 4.78 is 6.40. The van der Waals surface area contributed by atoms with Crippen molar-refractivity contribution in [1.82, 2.24) is 4.90 Å². The van der Waals surface area contributed by atoms with Crippen LogP contribution in [-0.2, 0) is 10.3 Å². The molecule has 1 heterocycles. The molecule has 24 heavy (non-hydrogen) atoms. The summed E-state index contributed by atoms with van der Waals surface area (Å²) in [5.41, 5.74) is -1.19. The number of benzene rings is 1. The predicted octanol–water partition coefficient (Wildman–Crippen LogP) is 3.42. The van der Waals surface area contributed by atoms with E-state index in [1.807, 2.05) is 45.0 Å². The van der Waals surface area contributed by atoms with E-state index >= 15 is 0 Å². The van der Waals surface area contributed by atoms with Gasteiger partial charge in [-0.05, 0) is 51.3 Å². The first-order chi connectivity index (χ1) is 11.2. The summed E-state index contributed by atoms with van der Waals surface area (Å²) in [4.78, 5) is 14.1. The van der Waals surface area contributed by atoms with Crippen molar-refractivity contribution < 1.29 is 19.7 Å². The first-order valence-corrected chi connectivity index (χ1v) is 9.05. The van der Waals surface area contributed by atoms with Crippen molar-refractivity contribution in [2.75, 3.05) is 13.2 Å². The number of nitrogens with zero attached hydrogens (tertiary/aromatic N) is 1. The predicted molar refractivity (Wildman–Crippen MR) is 95.7 cm³/mol. The zero-order valence-electron chi connectivity index (χ0n) is 14.5. The summed E-state index contributed by atoms with van der Waals surface area (Å²) in [6.45, 7) is 5.86. The van der Waals surface area contributed by atoms with Gasteiger partial charge in [-0.25, -0.2) is 4.79 Å². The van der Waals surface area contributed by atoms with Gasteiger partial charge in [-0.2, -0.15) is 0 Å². The van der Waals surface area contributed by atoms with E-state index in [1.165, 1.54) is 0 Å². The zero-order valence-corrected chi connectivity index (χ0v) is 16.0. The van der Waals surface area contributed by atoms with Crippen LogP contribution in [0.1, 0.15) is 45.6 Å². The molecule has 0 bridgehead atoms. The molecule has 1 fully saturated rings. The number of carbonyl (C=O) groups is 1. The average Bonchev–Trinajstić information content (AvgIpc) is 2.96. The number of ether oxygens (including phenoxy) is 1. The fourth-order valence-corrected chi connectivity index (χ4v) is 3.48. The maximum atomic E-state index is 12.5. The molecule has 1 aliphatic rings. The van der Waals surface area contributed by atoms with E-state index in [-0.39, 0.29) is 13.0 Å². The van der Waals surface area contributed by atoms with Gasteiger partial charge in [0.15, 0.2) is 0 Å². The lowest BCUT2D eigenvalue weighted by Gasteiger charge is -2.39. The number of rotatable bonds is 4. The first kappa shape index (κ1) is 19.2. The lowest BCUT2D eigenvalue weighted by Crippen LogP contribution is -2.51. The lowest BCUT2D eigenvalue weighted by molar-refractivity contribution is -0.0609. The van der Waals surface area contributed by atoms with Crippen LogP contribution in [0.15, 0.2) is 28.7 Å². The van der Waals surface area contributed by atoms with Gasteiger partial charge in [0.05, 0.1) is 6.04 Å². The van der Waals surface area contributed by atoms with Gasteiger partial charge < -0.3 is 19.8 Å². The summed E-state index contributed by atoms with van der Waals surface area (Å²) in [6, 6.07) is 6.94. The Hall–Kier alpha value is -1.11. The van der Waals surface area contributed by atoms with Crippen LogP contribution in [-0.4, -0.2) is 46.0 Å². The number of hydrogen-bond acceptors (Lipinski definition) is 4. The van der Waals surface area contributed by atoms with Crippen molar-refractivity contribution in [3.63, 3.8) is 0 Å². The normalized spacial score (nSPS) is 20.8. The van der Waals surface area contributed by atoms with Crippen LogP contribution in [0.4, 0.5) is 4.79 Å². The maximum Gasteiger partial charge on any atom is 0.410 e. The Bertz CT molecular complexity index is 569. The van der Waals surface area contributed by atoms with Crippen molar-refractivity contribution in [2.24, 2.45) is 0 Å². The van der Waals surface area contributed by atoms with Gasteiger partial charge >= 0.3 is 6.09 Å². The van der Waals surface area contributed by atoms with E-state index in [1.54, 1.807) is 4.90 Å². The molecule has 0 saturated carbocycles. The highest BCUT2D eigenvalue weighted by Crippen LogP contribution is 2.38. The maximum absolute atomic E-state index is 12.5. The highest BCUT2D eigenvalue weighted by molar-refractivity contribution is 9.10. The highest BCUT2D eigenvalue weighted by atomic mass is 79.9. The Kier molecular flexibility index (Phi) is 5.94. The number of aliphatic hydroxyl groups is 2. The van der Waals surface area contributed by atoms with Gasteiger partial charge in [0.1, 0.15) is 11.2 Å². The second kappa shape index (κ2) is 7.42. The molecular weight excluding hydrogens is 374 g/mol. The number of hydrogen-bond donors (Lipinski definition) is 2. The second-order valence-corrected chi connectivity index (χ2v) is 8.15. The van der Waals surface area contributed by atoms with Crippen molar-refractivity contribution in [2.45, 2.75) is 57.3 Å². The third-order valence-electron chi connectivity index (χ3n) is 4.27. The SMILES string of the molecule is CC(C)(C)OC(=O)N1CCC[C@H]1[C@](O)(CCO)c1ccc(Br)cc1. The number of halogens is 1. The standard InChI is InChI=1S/C18H26BrNO4/c1-17(2,3)24-16(22)20-11-4-5-15(20)18(23,10-12-21)13-6-8-14(19)9-7-13/h6-9,15,21,23H,4-5,10-12H2,1-3H3/t15-,18-/m0/s1. The van der Waals surface area contributed by atoms with Crippen molar-refractivity contribution in [1.29, 1.82) is 0 Å². The molecule has 2 rings (SSSR count). The van der Waals surface area contributed by atoms with E-state index in [9.17, 15) is 15.0 Å². The van der Waals surface area contributed by atoms with E-state index in [0.29, 0.717) is 18.5 Å². The molecule has 1 aliphatic heterocycles. The lowest BCUT2D eigenvalue weighted by atomic mass is 9.82. The molecule has 134 valence electrons. The molecule has 0 radical (unpaired) electrons. The first-order valence-electron chi connectivity index (χ1n) is 8.26. The Morgan fingerprint density at radius 3 is 2.50 bits per heavy atom. The fourth-order valence-electron chi connectivity index (χ4n) is 3.21. The highest BCUT2D eigenvalue weighted by Gasteiger charge is 2.46. The molecule has 0 spiro atoms. The molecule has 6 heteroatoms.